The van der Waals surface area contributed by atoms with Crippen LogP contribution in [0.4, 0.5) is 13.2 Å². The minimum Gasteiger partial charge on any atom is -0.309 e. The molecular formula is C41H24F3N5. The molecule has 8 rings (SSSR count). The Balaban J connectivity index is 1.42. The fourth-order valence-electron chi connectivity index (χ4n) is 6.22. The van der Waals surface area contributed by atoms with Gasteiger partial charge in [-0.05, 0) is 59.7 Å². The normalized spacial score (nSPS) is 11.6. The molecule has 0 aliphatic carbocycles. The molecule has 2 aromatic heterocycles. The van der Waals surface area contributed by atoms with Crippen LogP contribution in [0.2, 0.25) is 0 Å². The summed E-state index contributed by atoms with van der Waals surface area (Å²) in [7, 11) is 0. The molecule has 2 heterocycles. The average molecular weight is 644 g/mol. The minimum atomic E-state index is -4.54. The van der Waals surface area contributed by atoms with Crippen molar-refractivity contribution < 1.29 is 13.2 Å². The molecule has 0 spiro atoms. The third-order valence-electron chi connectivity index (χ3n) is 8.51. The van der Waals surface area contributed by atoms with E-state index in [1.807, 2.05) is 120 Å². The highest BCUT2D eigenvalue weighted by Gasteiger charge is 2.31. The molecule has 0 saturated carbocycles. The predicted octanol–water partition coefficient (Wildman–Crippen LogP) is 10.5. The number of aromatic nitrogens is 4. The van der Waals surface area contributed by atoms with Crippen molar-refractivity contribution in [2.75, 3.05) is 0 Å². The largest absolute Gasteiger partial charge is 0.416 e. The van der Waals surface area contributed by atoms with Gasteiger partial charge in [-0.3, -0.25) is 0 Å². The molecule has 5 nitrogen and oxygen atoms in total. The zero-order valence-corrected chi connectivity index (χ0v) is 25.7. The van der Waals surface area contributed by atoms with Crippen molar-refractivity contribution in [2.24, 2.45) is 0 Å². The Kier molecular flexibility index (Phi) is 7.23. The number of rotatable bonds is 5. The average Bonchev–Trinajstić information content (AvgIpc) is 3.48. The summed E-state index contributed by atoms with van der Waals surface area (Å²) >= 11 is 0. The molecule has 0 aliphatic rings. The summed E-state index contributed by atoms with van der Waals surface area (Å²) in [6.07, 6.45) is -4.54. The highest BCUT2D eigenvalue weighted by atomic mass is 19.4. The van der Waals surface area contributed by atoms with Gasteiger partial charge in [0.05, 0.1) is 28.2 Å². The smallest absolute Gasteiger partial charge is 0.309 e. The Morgan fingerprint density at radius 1 is 0.510 bits per heavy atom. The summed E-state index contributed by atoms with van der Waals surface area (Å²) < 4.78 is 44.2. The lowest BCUT2D eigenvalue weighted by atomic mass is 9.96. The summed E-state index contributed by atoms with van der Waals surface area (Å²) in [5.74, 6) is 1.20. The molecule has 0 amide bonds. The van der Waals surface area contributed by atoms with Gasteiger partial charge < -0.3 is 4.57 Å². The van der Waals surface area contributed by atoms with E-state index in [1.165, 1.54) is 6.07 Å². The number of para-hydroxylation sites is 1. The SMILES string of the molecule is N#Cc1ccc2c3ccccc3n(-c3ccc(-c4nc(-c5ccccc5)nc(-c5ccccc5)n4)c(-c4cccc(C(F)(F)F)c4)c3)c2c1. The number of fused-ring (bicyclic) bond motifs is 3. The van der Waals surface area contributed by atoms with Crippen LogP contribution < -0.4 is 0 Å². The van der Waals surface area contributed by atoms with E-state index in [0.717, 1.165) is 45.1 Å². The van der Waals surface area contributed by atoms with Crippen molar-refractivity contribution in [2.45, 2.75) is 6.18 Å². The Morgan fingerprint density at radius 2 is 1.12 bits per heavy atom. The van der Waals surface area contributed by atoms with E-state index in [-0.39, 0.29) is 0 Å². The molecular weight excluding hydrogens is 619 g/mol. The number of hydrogen-bond donors (Lipinski definition) is 0. The molecule has 0 N–H and O–H groups in total. The van der Waals surface area contributed by atoms with Crippen molar-refractivity contribution >= 4 is 21.8 Å². The lowest BCUT2D eigenvalue weighted by molar-refractivity contribution is -0.137. The summed E-state index contributed by atoms with van der Waals surface area (Å²) in [6.45, 7) is 0. The maximum Gasteiger partial charge on any atom is 0.416 e. The third-order valence-corrected chi connectivity index (χ3v) is 8.51. The van der Waals surface area contributed by atoms with Gasteiger partial charge in [0.25, 0.3) is 0 Å². The first-order valence-corrected chi connectivity index (χ1v) is 15.5. The van der Waals surface area contributed by atoms with Gasteiger partial charge in [0.15, 0.2) is 17.5 Å². The van der Waals surface area contributed by atoms with Crippen LogP contribution in [0, 0.1) is 11.3 Å². The van der Waals surface area contributed by atoms with Gasteiger partial charge in [0.2, 0.25) is 0 Å². The van der Waals surface area contributed by atoms with E-state index < -0.39 is 11.7 Å². The molecule has 6 aromatic carbocycles. The van der Waals surface area contributed by atoms with E-state index in [4.69, 9.17) is 15.0 Å². The van der Waals surface area contributed by atoms with Gasteiger partial charge in [-0.15, -0.1) is 0 Å². The first-order valence-electron chi connectivity index (χ1n) is 15.5. The van der Waals surface area contributed by atoms with Gasteiger partial charge in [-0.1, -0.05) is 97.1 Å². The first-order chi connectivity index (χ1) is 23.9. The van der Waals surface area contributed by atoms with Crippen molar-refractivity contribution in [3.8, 4) is 57.0 Å². The standard InChI is InChI=1S/C41H24F3N5/c42-41(43,44)30-15-9-14-29(23-30)35-24-31(49-36-17-8-7-16-32(36)33-20-18-26(25-45)22-37(33)49)19-21-34(35)40-47-38(27-10-3-1-4-11-27)46-39(48-40)28-12-5-2-6-13-28/h1-24H. The molecule has 0 fully saturated rings. The second-order valence-corrected chi connectivity index (χ2v) is 11.5. The van der Waals surface area contributed by atoms with Crippen LogP contribution >= 0.6 is 0 Å². The fourth-order valence-corrected chi connectivity index (χ4v) is 6.22. The lowest BCUT2D eigenvalue weighted by Gasteiger charge is -2.16. The number of nitriles is 1. The topological polar surface area (TPSA) is 67.4 Å². The van der Waals surface area contributed by atoms with Crippen molar-refractivity contribution in [3.63, 3.8) is 0 Å². The maximum atomic E-state index is 14.0. The van der Waals surface area contributed by atoms with Crippen molar-refractivity contribution in [1.29, 1.82) is 5.26 Å². The van der Waals surface area contributed by atoms with Crippen LogP contribution in [0.25, 0.3) is 72.8 Å². The Bertz CT molecular complexity index is 2490. The summed E-state index contributed by atoms with van der Waals surface area (Å²) in [6, 6.07) is 45.6. The molecule has 0 radical (unpaired) electrons. The van der Waals surface area contributed by atoms with Crippen LogP contribution in [0.3, 0.4) is 0 Å². The monoisotopic (exact) mass is 643 g/mol. The predicted molar refractivity (Wildman–Crippen MR) is 186 cm³/mol. The van der Waals surface area contributed by atoms with Gasteiger partial charge in [-0.25, -0.2) is 15.0 Å². The highest BCUT2D eigenvalue weighted by molar-refractivity contribution is 6.09. The molecule has 0 unspecified atom stereocenters. The number of alkyl halides is 3. The molecule has 8 aromatic rings. The summed E-state index contributed by atoms with van der Waals surface area (Å²) in [4.78, 5) is 14.6. The van der Waals surface area contributed by atoms with E-state index in [1.54, 1.807) is 12.1 Å². The van der Waals surface area contributed by atoms with Gasteiger partial charge in [0.1, 0.15) is 0 Å². The van der Waals surface area contributed by atoms with Crippen LogP contribution in [-0.2, 0) is 6.18 Å². The molecule has 0 bridgehead atoms. The van der Waals surface area contributed by atoms with E-state index in [9.17, 15) is 18.4 Å². The molecule has 0 atom stereocenters. The van der Waals surface area contributed by atoms with Gasteiger partial charge in [0, 0.05) is 33.2 Å². The van der Waals surface area contributed by atoms with Gasteiger partial charge >= 0.3 is 6.18 Å². The minimum absolute atomic E-state index is 0.320. The third kappa shape index (κ3) is 5.47. The lowest BCUT2D eigenvalue weighted by Crippen LogP contribution is -2.05. The fraction of sp³-hybridized carbons (Fsp3) is 0.0244. The number of halogens is 3. The molecule has 0 aliphatic heterocycles. The van der Waals surface area contributed by atoms with Crippen molar-refractivity contribution in [1.82, 2.24) is 19.5 Å². The second-order valence-electron chi connectivity index (χ2n) is 11.5. The van der Waals surface area contributed by atoms with E-state index >= 15 is 0 Å². The number of benzene rings is 6. The molecule has 8 heteroatoms. The quantitative estimate of drug-likeness (QED) is 0.187. The van der Waals surface area contributed by atoms with Crippen molar-refractivity contribution in [3.05, 3.63) is 157 Å². The first kappa shape index (κ1) is 29.8. The van der Waals surface area contributed by atoms with E-state index in [2.05, 4.69) is 6.07 Å². The second kappa shape index (κ2) is 11.9. The van der Waals surface area contributed by atoms with Gasteiger partial charge in [-0.2, -0.15) is 18.4 Å². The molecule has 234 valence electrons. The van der Waals surface area contributed by atoms with Crippen LogP contribution in [0.5, 0.6) is 0 Å². The zero-order chi connectivity index (χ0) is 33.5. The Labute approximate surface area is 279 Å². The van der Waals surface area contributed by atoms with Crippen LogP contribution in [0.1, 0.15) is 11.1 Å². The Morgan fingerprint density at radius 3 is 1.80 bits per heavy atom. The number of hydrogen-bond acceptors (Lipinski definition) is 4. The van der Waals surface area contributed by atoms with E-state index in [0.29, 0.717) is 45.4 Å². The molecule has 0 saturated heterocycles. The summed E-state index contributed by atoms with van der Waals surface area (Å²) in [5.41, 5.74) is 5.10. The highest BCUT2D eigenvalue weighted by Crippen LogP contribution is 2.39. The van der Waals surface area contributed by atoms with Crippen LogP contribution in [-0.4, -0.2) is 19.5 Å². The molecule has 49 heavy (non-hydrogen) atoms. The summed E-state index contributed by atoms with van der Waals surface area (Å²) in [5, 5.41) is 11.7. The number of nitrogens with zero attached hydrogens (tertiary/aromatic N) is 5. The van der Waals surface area contributed by atoms with Crippen LogP contribution in [0.15, 0.2) is 146 Å². The zero-order valence-electron chi connectivity index (χ0n) is 25.7. The maximum absolute atomic E-state index is 14.0. The Hall–Kier alpha value is -6.59.